The van der Waals surface area contributed by atoms with Crippen molar-refractivity contribution in [3.8, 4) is 0 Å². The molecule has 30 heavy (non-hydrogen) atoms. The van der Waals surface area contributed by atoms with Gasteiger partial charge < -0.3 is 48.5 Å². The minimum Gasteiger partial charge on any atom is -0.481 e. The lowest BCUT2D eigenvalue weighted by Gasteiger charge is -2.19. The standard InChI is InChI=1S/C15H27N7O8/c16-7(2-1-3-19-15(17)18)12(27)20-5-10(24)21-8(4-11(25)26)13(28)22-9(6-23)14(29)30/h7-9,23H,1-6,16H2,(H,20,27)(H,21,24)(H,22,28)(H,25,26)(H,29,30)(H4,17,18,19)/t7-,8+,9+/m0/s1. The molecule has 0 saturated carbocycles. The normalized spacial score (nSPS) is 13.3. The van der Waals surface area contributed by atoms with Gasteiger partial charge in [-0.1, -0.05) is 0 Å². The van der Waals surface area contributed by atoms with Gasteiger partial charge in [-0.2, -0.15) is 0 Å². The van der Waals surface area contributed by atoms with Gasteiger partial charge >= 0.3 is 11.9 Å². The number of nitrogens with zero attached hydrogens (tertiary/aromatic N) is 1. The van der Waals surface area contributed by atoms with Crippen LogP contribution in [0.2, 0.25) is 0 Å². The zero-order valence-electron chi connectivity index (χ0n) is 16.0. The average Bonchev–Trinajstić information content (AvgIpc) is 2.65. The lowest BCUT2D eigenvalue weighted by Crippen LogP contribution is -2.55. The van der Waals surface area contributed by atoms with Gasteiger partial charge in [0.2, 0.25) is 17.7 Å². The van der Waals surface area contributed by atoms with Crippen molar-refractivity contribution in [1.29, 1.82) is 0 Å². The maximum absolute atomic E-state index is 12.0. The maximum Gasteiger partial charge on any atom is 0.328 e. The highest BCUT2D eigenvalue weighted by Gasteiger charge is 2.28. The Bertz CT molecular complexity index is 665. The molecule has 0 saturated heterocycles. The molecule has 0 radical (unpaired) electrons. The number of carboxylic acids is 2. The van der Waals surface area contributed by atoms with Gasteiger partial charge in [-0.3, -0.25) is 24.2 Å². The Morgan fingerprint density at radius 3 is 2.10 bits per heavy atom. The van der Waals surface area contributed by atoms with E-state index in [0.29, 0.717) is 6.42 Å². The van der Waals surface area contributed by atoms with E-state index in [1.54, 1.807) is 0 Å². The predicted octanol–water partition coefficient (Wildman–Crippen LogP) is -5.00. The first-order valence-electron chi connectivity index (χ1n) is 8.71. The minimum atomic E-state index is -1.68. The van der Waals surface area contributed by atoms with E-state index in [0.717, 1.165) is 0 Å². The highest BCUT2D eigenvalue weighted by molar-refractivity contribution is 5.94. The number of aliphatic imine (C=N–C) groups is 1. The fraction of sp³-hybridized carbons (Fsp3) is 0.600. The molecule has 0 bridgehead atoms. The van der Waals surface area contributed by atoms with E-state index in [4.69, 9.17) is 32.5 Å². The summed E-state index contributed by atoms with van der Waals surface area (Å²) in [7, 11) is 0. The molecule has 0 spiro atoms. The molecule has 0 aromatic rings. The lowest BCUT2D eigenvalue weighted by molar-refractivity contribution is -0.144. The van der Waals surface area contributed by atoms with E-state index in [1.165, 1.54) is 0 Å². The van der Waals surface area contributed by atoms with E-state index in [1.807, 2.05) is 5.32 Å². The zero-order chi connectivity index (χ0) is 23.3. The van der Waals surface area contributed by atoms with Crippen molar-refractivity contribution < 1.29 is 39.3 Å². The summed E-state index contributed by atoms with van der Waals surface area (Å²) in [6.07, 6.45) is -0.214. The first-order valence-corrected chi connectivity index (χ1v) is 8.71. The third-order valence-electron chi connectivity index (χ3n) is 3.56. The van der Waals surface area contributed by atoms with E-state index >= 15 is 0 Å². The van der Waals surface area contributed by atoms with Gasteiger partial charge in [-0.05, 0) is 12.8 Å². The Morgan fingerprint density at radius 1 is 0.967 bits per heavy atom. The molecule has 15 heteroatoms. The Hall–Kier alpha value is -3.46. The van der Waals surface area contributed by atoms with Crippen molar-refractivity contribution in [2.45, 2.75) is 37.4 Å². The summed E-state index contributed by atoms with van der Waals surface area (Å²) in [5, 5.41) is 32.8. The van der Waals surface area contributed by atoms with Crippen LogP contribution >= 0.6 is 0 Å². The Labute approximate surface area is 171 Å². The number of hydrogen-bond donors (Lipinski definition) is 9. The number of nitrogens with one attached hydrogen (secondary N) is 3. The molecule has 0 unspecified atom stereocenters. The Balaban J connectivity index is 4.66. The summed E-state index contributed by atoms with van der Waals surface area (Å²) in [6.45, 7) is -1.28. The second-order valence-electron chi connectivity index (χ2n) is 6.07. The van der Waals surface area contributed by atoms with Gasteiger partial charge in [-0.15, -0.1) is 0 Å². The second kappa shape index (κ2) is 13.7. The number of guanidine groups is 1. The van der Waals surface area contributed by atoms with Crippen LogP contribution in [0.5, 0.6) is 0 Å². The van der Waals surface area contributed by atoms with Crippen molar-refractivity contribution in [2.75, 3.05) is 19.7 Å². The molecule has 3 atom stereocenters. The van der Waals surface area contributed by atoms with Crippen LogP contribution in [0.1, 0.15) is 19.3 Å². The predicted molar refractivity (Wildman–Crippen MR) is 102 cm³/mol. The highest BCUT2D eigenvalue weighted by atomic mass is 16.4. The van der Waals surface area contributed by atoms with Crippen LogP contribution in [0.3, 0.4) is 0 Å². The fourth-order valence-corrected chi connectivity index (χ4v) is 2.04. The molecule has 0 heterocycles. The smallest absolute Gasteiger partial charge is 0.328 e. The molecule has 0 aromatic carbocycles. The van der Waals surface area contributed by atoms with Gasteiger partial charge in [0, 0.05) is 6.54 Å². The molecule has 0 rings (SSSR count). The van der Waals surface area contributed by atoms with Crippen LogP contribution in [0.4, 0.5) is 0 Å². The summed E-state index contributed by atoms with van der Waals surface area (Å²) >= 11 is 0. The minimum absolute atomic E-state index is 0.0988. The van der Waals surface area contributed by atoms with Crippen LogP contribution in [-0.2, 0) is 24.0 Å². The van der Waals surface area contributed by atoms with Crippen molar-refractivity contribution in [2.24, 2.45) is 22.2 Å². The van der Waals surface area contributed by atoms with E-state index in [9.17, 15) is 24.0 Å². The maximum atomic E-state index is 12.0. The number of carboxylic acid groups (broad SMARTS) is 2. The molecule has 3 amide bonds. The third-order valence-corrected chi connectivity index (χ3v) is 3.56. The molecule has 15 nitrogen and oxygen atoms in total. The summed E-state index contributed by atoms with van der Waals surface area (Å²) in [4.78, 5) is 61.3. The molecule has 170 valence electrons. The van der Waals surface area contributed by atoms with Gasteiger partial charge in [0.25, 0.3) is 0 Å². The van der Waals surface area contributed by atoms with Crippen molar-refractivity contribution in [3.05, 3.63) is 0 Å². The molecule has 0 aliphatic heterocycles. The monoisotopic (exact) mass is 433 g/mol. The largest absolute Gasteiger partial charge is 0.481 e. The van der Waals surface area contributed by atoms with Crippen LogP contribution in [0, 0.1) is 0 Å². The van der Waals surface area contributed by atoms with Crippen molar-refractivity contribution >= 4 is 35.6 Å². The van der Waals surface area contributed by atoms with Crippen LogP contribution < -0.4 is 33.2 Å². The molecule has 12 N–H and O–H groups in total. The number of nitrogens with two attached hydrogens (primary N) is 3. The fourth-order valence-electron chi connectivity index (χ4n) is 2.04. The Morgan fingerprint density at radius 2 is 1.60 bits per heavy atom. The average molecular weight is 433 g/mol. The quantitative estimate of drug-likeness (QED) is 0.0710. The van der Waals surface area contributed by atoms with Crippen molar-refractivity contribution in [1.82, 2.24) is 16.0 Å². The van der Waals surface area contributed by atoms with E-state index < -0.39 is 67.4 Å². The highest BCUT2D eigenvalue weighted by Crippen LogP contribution is 1.97. The van der Waals surface area contributed by atoms with Crippen LogP contribution in [0.15, 0.2) is 4.99 Å². The molecule has 0 aliphatic carbocycles. The Kier molecular flexibility index (Phi) is 12.1. The SMILES string of the molecule is NC(N)=NCCC[C@H](N)C(=O)NCC(=O)N[C@H](CC(=O)O)C(=O)N[C@H](CO)C(=O)O. The number of hydrogen-bond acceptors (Lipinski definition) is 8. The number of aliphatic carboxylic acids is 2. The van der Waals surface area contributed by atoms with Gasteiger partial charge in [0.1, 0.15) is 12.1 Å². The first-order chi connectivity index (χ1) is 14.0. The molecule has 0 fully saturated rings. The summed E-state index contributed by atoms with van der Waals surface area (Å²) in [5.41, 5.74) is 16.0. The van der Waals surface area contributed by atoms with Gasteiger partial charge in [0.15, 0.2) is 5.96 Å². The molecule has 0 aromatic heterocycles. The summed E-state index contributed by atoms with van der Waals surface area (Å²) < 4.78 is 0. The van der Waals surface area contributed by atoms with E-state index in [-0.39, 0.29) is 18.9 Å². The number of rotatable bonds is 14. The topological polar surface area (TPSA) is 273 Å². The number of carbonyl (C=O) groups excluding carboxylic acids is 3. The molecular formula is C15H27N7O8. The van der Waals surface area contributed by atoms with E-state index in [2.05, 4.69) is 15.6 Å². The van der Waals surface area contributed by atoms with Crippen LogP contribution in [0.25, 0.3) is 0 Å². The van der Waals surface area contributed by atoms with Gasteiger partial charge in [0.05, 0.1) is 25.6 Å². The number of carbonyl (C=O) groups is 5. The first kappa shape index (κ1) is 26.5. The number of aliphatic hydroxyl groups excluding tert-OH is 1. The van der Waals surface area contributed by atoms with Crippen molar-refractivity contribution in [3.63, 3.8) is 0 Å². The lowest BCUT2D eigenvalue weighted by atomic mass is 10.1. The molecular weight excluding hydrogens is 406 g/mol. The van der Waals surface area contributed by atoms with Gasteiger partial charge in [-0.25, -0.2) is 4.79 Å². The summed E-state index contributed by atoms with van der Waals surface area (Å²) in [6, 6.07) is -4.26. The number of amides is 3. The van der Waals surface area contributed by atoms with Crippen LogP contribution in [-0.4, -0.2) is 88.8 Å². The summed E-state index contributed by atoms with van der Waals surface area (Å²) in [5.74, 6) is -5.80. The second-order valence-corrected chi connectivity index (χ2v) is 6.07. The zero-order valence-corrected chi connectivity index (χ0v) is 16.0. The number of aliphatic hydroxyl groups is 1. The third kappa shape index (κ3) is 11.4. The molecule has 0 aliphatic rings.